The maximum absolute atomic E-state index is 6.53. The van der Waals surface area contributed by atoms with Crippen molar-refractivity contribution in [1.82, 2.24) is 9.97 Å². The summed E-state index contributed by atoms with van der Waals surface area (Å²) in [6.45, 7) is 2.95. The van der Waals surface area contributed by atoms with Crippen molar-refractivity contribution in [1.29, 1.82) is 0 Å². The zero-order chi connectivity index (χ0) is 21.5. The van der Waals surface area contributed by atoms with E-state index in [0.29, 0.717) is 24.9 Å². The molecule has 1 aliphatic heterocycles. The van der Waals surface area contributed by atoms with E-state index < -0.39 is 0 Å². The monoisotopic (exact) mass is 426 g/mol. The highest BCUT2D eigenvalue weighted by Crippen LogP contribution is 2.42. The standard InChI is InChI=1S/C26H26N4O2/c27-26(11-4-12-26)20-9-7-19(8-10-20)23-22(18-5-2-1-3-6-18)21-17-28-25(29-24(21)32-23)30-13-15-31-16-14-30/h1-3,5-10,17H,4,11-16,27H2. The first-order valence-electron chi connectivity index (χ1n) is 11.3. The molecule has 2 aromatic heterocycles. The third kappa shape index (κ3) is 3.27. The van der Waals surface area contributed by atoms with Crippen LogP contribution >= 0.6 is 0 Å². The number of furan rings is 1. The van der Waals surface area contributed by atoms with Crippen molar-refractivity contribution in [3.05, 3.63) is 66.4 Å². The van der Waals surface area contributed by atoms with Gasteiger partial charge in [-0.15, -0.1) is 0 Å². The quantitative estimate of drug-likeness (QED) is 0.508. The number of hydrogen-bond acceptors (Lipinski definition) is 6. The van der Waals surface area contributed by atoms with Crippen LogP contribution in [0.4, 0.5) is 5.95 Å². The van der Waals surface area contributed by atoms with Crippen molar-refractivity contribution in [2.75, 3.05) is 31.2 Å². The van der Waals surface area contributed by atoms with Crippen molar-refractivity contribution in [3.63, 3.8) is 0 Å². The summed E-state index contributed by atoms with van der Waals surface area (Å²) in [5, 5.41) is 0.918. The van der Waals surface area contributed by atoms with E-state index in [0.717, 1.165) is 53.8 Å². The van der Waals surface area contributed by atoms with Crippen molar-refractivity contribution < 1.29 is 9.15 Å². The van der Waals surface area contributed by atoms with Gasteiger partial charge in [0.2, 0.25) is 11.7 Å². The number of nitrogens with two attached hydrogens (primary N) is 1. The van der Waals surface area contributed by atoms with E-state index in [2.05, 4.69) is 46.3 Å². The fourth-order valence-electron chi connectivity index (χ4n) is 4.69. The smallest absolute Gasteiger partial charge is 0.232 e. The highest BCUT2D eigenvalue weighted by atomic mass is 16.5. The molecule has 2 aliphatic rings. The Hall–Kier alpha value is -3.22. The van der Waals surface area contributed by atoms with Gasteiger partial charge < -0.3 is 19.8 Å². The number of rotatable bonds is 4. The number of anilines is 1. The number of ether oxygens (including phenoxy) is 1. The lowest BCUT2D eigenvalue weighted by atomic mass is 9.72. The molecule has 0 radical (unpaired) electrons. The molecule has 3 heterocycles. The second kappa shape index (κ2) is 7.73. The SMILES string of the molecule is NC1(c2ccc(-c3oc4nc(N5CCOCC5)ncc4c3-c3ccccc3)cc2)CCC1. The second-order valence-corrected chi connectivity index (χ2v) is 8.75. The summed E-state index contributed by atoms with van der Waals surface area (Å²) in [6.07, 6.45) is 5.18. The van der Waals surface area contributed by atoms with Gasteiger partial charge in [-0.05, 0) is 30.4 Å². The third-order valence-corrected chi connectivity index (χ3v) is 6.76. The van der Waals surface area contributed by atoms with E-state index in [9.17, 15) is 0 Å². The molecule has 2 N–H and O–H groups in total. The van der Waals surface area contributed by atoms with Crippen LogP contribution < -0.4 is 10.6 Å². The Labute approximate surface area is 187 Å². The number of aromatic nitrogens is 2. The average Bonchev–Trinajstić information content (AvgIpc) is 3.22. The van der Waals surface area contributed by atoms with Crippen LogP contribution in [0, 0.1) is 0 Å². The second-order valence-electron chi connectivity index (χ2n) is 8.75. The number of morpholine rings is 1. The Bertz CT molecular complexity index is 1240. The van der Waals surface area contributed by atoms with Gasteiger partial charge in [0.25, 0.3) is 0 Å². The highest BCUT2D eigenvalue weighted by molar-refractivity contribution is 6.00. The molecule has 1 aliphatic carbocycles. The molecule has 0 unspecified atom stereocenters. The number of benzene rings is 2. The largest absolute Gasteiger partial charge is 0.437 e. The molecule has 1 saturated heterocycles. The molecule has 32 heavy (non-hydrogen) atoms. The van der Waals surface area contributed by atoms with Crippen LogP contribution in [-0.2, 0) is 10.3 Å². The third-order valence-electron chi connectivity index (χ3n) is 6.76. The lowest BCUT2D eigenvalue weighted by Gasteiger charge is -2.38. The van der Waals surface area contributed by atoms with Crippen LogP contribution in [0.15, 0.2) is 65.2 Å². The Morgan fingerprint density at radius 2 is 1.66 bits per heavy atom. The summed E-state index contributed by atoms with van der Waals surface area (Å²) >= 11 is 0. The van der Waals surface area contributed by atoms with Gasteiger partial charge in [0.1, 0.15) is 5.76 Å². The van der Waals surface area contributed by atoms with E-state index in [4.69, 9.17) is 19.9 Å². The zero-order valence-electron chi connectivity index (χ0n) is 18.0. The van der Waals surface area contributed by atoms with Crippen molar-refractivity contribution in [2.24, 2.45) is 5.73 Å². The van der Waals surface area contributed by atoms with Gasteiger partial charge in [0.15, 0.2) is 0 Å². The fraction of sp³-hybridized carbons (Fsp3) is 0.308. The number of fused-ring (bicyclic) bond motifs is 1. The Morgan fingerprint density at radius 1 is 0.906 bits per heavy atom. The maximum Gasteiger partial charge on any atom is 0.232 e. The topological polar surface area (TPSA) is 77.4 Å². The minimum Gasteiger partial charge on any atom is -0.437 e. The van der Waals surface area contributed by atoms with Gasteiger partial charge >= 0.3 is 0 Å². The molecule has 6 rings (SSSR count). The summed E-state index contributed by atoms with van der Waals surface area (Å²) in [5.41, 5.74) is 11.3. The summed E-state index contributed by atoms with van der Waals surface area (Å²) in [7, 11) is 0. The molecule has 4 aromatic rings. The van der Waals surface area contributed by atoms with Crippen LogP contribution in [0.3, 0.4) is 0 Å². The molecular weight excluding hydrogens is 400 g/mol. The first-order valence-corrected chi connectivity index (χ1v) is 11.3. The van der Waals surface area contributed by atoms with Gasteiger partial charge in [0, 0.05) is 36.0 Å². The Balaban J connectivity index is 1.47. The van der Waals surface area contributed by atoms with Gasteiger partial charge in [-0.25, -0.2) is 4.98 Å². The molecule has 162 valence electrons. The average molecular weight is 427 g/mol. The van der Waals surface area contributed by atoms with E-state index >= 15 is 0 Å². The summed E-state index contributed by atoms with van der Waals surface area (Å²) in [5.74, 6) is 1.50. The van der Waals surface area contributed by atoms with Gasteiger partial charge in [-0.1, -0.05) is 54.6 Å². The fourth-order valence-corrected chi connectivity index (χ4v) is 4.69. The number of nitrogens with zero attached hydrogens (tertiary/aromatic N) is 3. The van der Waals surface area contributed by atoms with E-state index in [-0.39, 0.29) is 5.54 Å². The number of hydrogen-bond donors (Lipinski definition) is 1. The van der Waals surface area contributed by atoms with Crippen LogP contribution in [0.5, 0.6) is 0 Å². The van der Waals surface area contributed by atoms with Crippen molar-refractivity contribution in [2.45, 2.75) is 24.8 Å². The molecule has 0 spiro atoms. The molecule has 1 saturated carbocycles. The molecular formula is C26H26N4O2. The minimum absolute atomic E-state index is 0.173. The van der Waals surface area contributed by atoms with Crippen LogP contribution in [-0.4, -0.2) is 36.3 Å². The maximum atomic E-state index is 6.53. The van der Waals surface area contributed by atoms with E-state index in [1.54, 1.807) is 0 Å². The van der Waals surface area contributed by atoms with E-state index in [1.165, 1.54) is 12.0 Å². The molecule has 0 bridgehead atoms. The minimum atomic E-state index is -0.173. The van der Waals surface area contributed by atoms with Crippen LogP contribution in [0.2, 0.25) is 0 Å². The molecule has 6 nitrogen and oxygen atoms in total. The first-order chi connectivity index (χ1) is 15.7. The summed E-state index contributed by atoms with van der Waals surface area (Å²) in [6, 6.07) is 18.8. The molecule has 6 heteroatoms. The zero-order valence-corrected chi connectivity index (χ0v) is 18.0. The van der Waals surface area contributed by atoms with Crippen LogP contribution in [0.25, 0.3) is 33.6 Å². The van der Waals surface area contributed by atoms with Crippen molar-refractivity contribution >= 4 is 17.0 Å². The van der Waals surface area contributed by atoms with Gasteiger partial charge in [-0.2, -0.15) is 4.98 Å². The predicted molar refractivity (Wildman–Crippen MR) is 125 cm³/mol. The summed E-state index contributed by atoms with van der Waals surface area (Å²) in [4.78, 5) is 11.6. The van der Waals surface area contributed by atoms with Crippen LogP contribution in [0.1, 0.15) is 24.8 Å². The molecule has 2 aromatic carbocycles. The predicted octanol–water partition coefficient (Wildman–Crippen LogP) is 4.73. The lowest BCUT2D eigenvalue weighted by molar-refractivity contribution is 0.122. The molecule has 0 atom stereocenters. The lowest BCUT2D eigenvalue weighted by Crippen LogP contribution is -2.43. The van der Waals surface area contributed by atoms with Gasteiger partial charge in [-0.3, -0.25) is 0 Å². The highest BCUT2D eigenvalue weighted by Gasteiger charge is 2.34. The van der Waals surface area contributed by atoms with E-state index in [1.807, 2.05) is 24.4 Å². The molecule has 2 fully saturated rings. The Morgan fingerprint density at radius 3 is 2.34 bits per heavy atom. The summed E-state index contributed by atoms with van der Waals surface area (Å²) < 4.78 is 11.9. The van der Waals surface area contributed by atoms with Crippen molar-refractivity contribution in [3.8, 4) is 22.5 Å². The molecule has 0 amide bonds. The first kappa shape index (κ1) is 19.5. The Kier molecular flexibility index (Phi) is 4.70. The normalized spacial score (nSPS) is 18.0. The van der Waals surface area contributed by atoms with Gasteiger partial charge in [0.05, 0.1) is 18.6 Å².